The number of rotatable bonds is 2. The van der Waals surface area contributed by atoms with Crippen LogP contribution in [0.3, 0.4) is 0 Å². The second-order valence-electron chi connectivity index (χ2n) is 3.54. The van der Waals surface area contributed by atoms with E-state index < -0.39 is 17.7 Å². The number of nitrogens with zero attached hydrogens (tertiary/aromatic N) is 1. The molecular weight excluding hydrogens is 198 g/mol. The molecule has 0 amide bonds. The normalized spacial score (nSPS) is 25.2. The number of fused-ring (bicyclic) bond motifs is 1. The summed E-state index contributed by atoms with van der Waals surface area (Å²) < 4.78 is 0. The van der Waals surface area contributed by atoms with Crippen LogP contribution in [0.25, 0.3) is 0 Å². The summed E-state index contributed by atoms with van der Waals surface area (Å²) in [6.45, 7) is 0.611. The van der Waals surface area contributed by atoms with Gasteiger partial charge in [-0.05, 0) is 6.08 Å². The van der Waals surface area contributed by atoms with E-state index in [1.165, 1.54) is 12.2 Å². The number of hydrogen-bond donors (Lipinski definition) is 2. The molecule has 0 bridgehead atoms. The summed E-state index contributed by atoms with van der Waals surface area (Å²) in [5, 5.41) is 18.4. The number of carbonyl (C=O) groups excluding carboxylic acids is 2. The van der Waals surface area contributed by atoms with Crippen LogP contribution < -0.4 is 0 Å². The van der Waals surface area contributed by atoms with E-state index in [1.807, 2.05) is 0 Å². The molecule has 15 heavy (non-hydrogen) atoms. The zero-order chi connectivity index (χ0) is 11.0. The Bertz CT molecular complexity index is 383. The number of aliphatic hydroxyl groups is 2. The first-order valence-electron chi connectivity index (χ1n) is 4.69. The van der Waals surface area contributed by atoms with Crippen LogP contribution in [0.5, 0.6) is 0 Å². The van der Waals surface area contributed by atoms with Gasteiger partial charge in [-0.2, -0.15) is 0 Å². The lowest BCUT2D eigenvalue weighted by molar-refractivity contribution is -0.131. The number of ketones is 2. The van der Waals surface area contributed by atoms with Crippen molar-refractivity contribution in [1.82, 2.24) is 4.90 Å². The number of carbonyl (C=O) groups is 2. The van der Waals surface area contributed by atoms with E-state index in [-0.39, 0.29) is 6.61 Å². The summed E-state index contributed by atoms with van der Waals surface area (Å²) in [5.41, 5.74) is 1.04. The molecule has 1 unspecified atom stereocenters. The smallest absolute Gasteiger partial charge is 0.227 e. The molecule has 1 fully saturated rings. The zero-order valence-corrected chi connectivity index (χ0v) is 8.01. The predicted octanol–water partition coefficient (Wildman–Crippen LogP) is -1.38. The minimum atomic E-state index is -0.750. The molecular formula is C10H11NO4. The van der Waals surface area contributed by atoms with Gasteiger partial charge in [0, 0.05) is 30.4 Å². The largest absolute Gasteiger partial charge is 0.395 e. The van der Waals surface area contributed by atoms with Gasteiger partial charge in [0.2, 0.25) is 11.6 Å². The molecule has 1 saturated heterocycles. The highest BCUT2D eigenvalue weighted by Crippen LogP contribution is 2.29. The Labute approximate surface area is 86.3 Å². The lowest BCUT2D eigenvalue weighted by Crippen LogP contribution is -2.25. The first kappa shape index (κ1) is 10.1. The van der Waals surface area contributed by atoms with Crippen molar-refractivity contribution in [3.05, 3.63) is 23.4 Å². The van der Waals surface area contributed by atoms with Gasteiger partial charge >= 0.3 is 0 Å². The van der Waals surface area contributed by atoms with E-state index in [4.69, 9.17) is 5.11 Å². The third kappa shape index (κ3) is 1.60. The van der Waals surface area contributed by atoms with Crippen molar-refractivity contribution < 1.29 is 19.8 Å². The van der Waals surface area contributed by atoms with Gasteiger partial charge in [-0.25, -0.2) is 0 Å². The van der Waals surface area contributed by atoms with Crippen LogP contribution in [0.1, 0.15) is 0 Å². The minimum absolute atomic E-state index is 0.0561. The molecule has 2 aliphatic rings. The maximum absolute atomic E-state index is 11.2. The van der Waals surface area contributed by atoms with E-state index in [0.717, 1.165) is 0 Å². The first-order chi connectivity index (χ1) is 7.13. The average molecular weight is 209 g/mol. The molecule has 5 heteroatoms. The molecule has 0 radical (unpaired) electrons. The third-order valence-corrected chi connectivity index (χ3v) is 2.56. The topological polar surface area (TPSA) is 77.8 Å². The summed E-state index contributed by atoms with van der Waals surface area (Å²) in [4.78, 5) is 23.9. The van der Waals surface area contributed by atoms with Crippen LogP contribution in [-0.4, -0.2) is 52.5 Å². The summed E-state index contributed by atoms with van der Waals surface area (Å²) in [6, 6.07) is 0. The van der Waals surface area contributed by atoms with Gasteiger partial charge in [-0.3, -0.25) is 9.59 Å². The Balaban J connectivity index is 2.33. The van der Waals surface area contributed by atoms with Crippen molar-refractivity contribution in [1.29, 1.82) is 0 Å². The second-order valence-corrected chi connectivity index (χ2v) is 3.54. The van der Waals surface area contributed by atoms with Crippen LogP contribution >= 0.6 is 0 Å². The maximum atomic E-state index is 11.2. The average Bonchev–Trinajstić information content (AvgIpc) is 2.46. The molecule has 1 heterocycles. The second kappa shape index (κ2) is 3.60. The summed E-state index contributed by atoms with van der Waals surface area (Å²) in [7, 11) is 0. The van der Waals surface area contributed by atoms with E-state index in [1.54, 1.807) is 4.90 Å². The number of allylic oxidation sites excluding steroid dienone is 2. The fraction of sp³-hybridized carbons (Fsp3) is 0.400. The fourth-order valence-electron chi connectivity index (χ4n) is 1.84. The Kier molecular flexibility index (Phi) is 2.42. The standard InChI is InChI=1S/C10H11NO4/c12-2-1-11-5-10(15)6-3-8(13)9(14)4-7(6)11/h3-4,10,12,15H,1-2,5H2. The Morgan fingerprint density at radius 3 is 2.67 bits per heavy atom. The molecule has 2 rings (SSSR count). The van der Waals surface area contributed by atoms with Gasteiger partial charge in [0.15, 0.2) is 0 Å². The van der Waals surface area contributed by atoms with Crippen molar-refractivity contribution in [2.24, 2.45) is 0 Å². The Morgan fingerprint density at radius 1 is 1.33 bits per heavy atom. The third-order valence-electron chi connectivity index (χ3n) is 2.56. The molecule has 0 aromatic heterocycles. The summed E-state index contributed by atoms with van der Waals surface area (Å²) in [6.07, 6.45) is 1.66. The maximum Gasteiger partial charge on any atom is 0.227 e. The van der Waals surface area contributed by atoms with E-state index in [9.17, 15) is 14.7 Å². The van der Waals surface area contributed by atoms with Crippen LogP contribution in [0.15, 0.2) is 23.4 Å². The molecule has 0 saturated carbocycles. The van der Waals surface area contributed by atoms with Crippen molar-refractivity contribution in [2.75, 3.05) is 19.7 Å². The molecule has 1 aliphatic heterocycles. The monoisotopic (exact) mass is 209 g/mol. The van der Waals surface area contributed by atoms with Crippen molar-refractivity contribution in [3.8, 4) is 0 Å². The predicted molar refractivity (Wildman–Crippen MR) is 50.8 cm³/mol. The Morgan fingerprint density at radius 2 is 2.00 bits per heavy atom. The molecule has 5 nitrogen and oxygen atoms in total. The van der Waals surface area contributed by atoms with Gasteiger partial charge in [-0.1, -0.05) is 0 Å². The van der Waals surface area contributed by atoms with Crippen molar-refractivity contribution in [3.63, 3.8) is 0 Å². The minimum Gasteiger partial charge on any atom is -0.395 e. The molecule has 80 valence electrons. The summed E-state index contributed by atoms with van der Waals surface area (Å²) in [5.74, 6) is -1.18. The SMILES string of the molecule is O=C1C=C2C(=CC1=O)N(CCO)CC2O. The zero-order valence-electron chi connectivity index (χ0n) is 8.01. The van der Waals surface area contributed by atoms with E-state index >= 15 is 0 Å². The number of β-amino-alcohol motifs (C(OH)–C–C–N with tert-alkyl or cyclic N) is 2. The molecule has 1 atom stereocenters. The lowest BCUT2D eigenvalue weighted by Gasteiger charge is -2.18. The summed E-state index contributed by atoms with van der Waals surface area (Å²) >= 11 is 0. The molecule has 1 aliphatic carbocycles. The van der Waals surface area contributed by atoms with Crippen LogP contribution in [0.4, 0.5) is 0 Å². The highest BCUT2D eigenvalue weighted by atomic mass is 16.3. The number of likely N-dealkylation sites (tertiary alicyclic amines) is 1. The van der Waals surface area contributed by atoms with Gasteiger partial charge in [-0.15, -0.1) is 0 Å². The van der Waals surface area contributed by atoms with Crippen LogP contribution in [-0.2, 0) is 9.59 Å². The van der Waals surface area contributed by atoms with Gasteiger partial charge in [0.1, 0.15) is 0 Å². The highest BCUT2D eigenvalue weighted by Gasteiger charge is 2.34. The Hall–Kier alpha value is -1.46. The highest BCUT2D eigenvalue weighted by molar-refractivity contribution is 6.46. The number of hydrogen-bond acceptors (Lipinski definition) is 5. The van der Waals surface area contributed by atoms with Gasteiger partial charge in [0.25, 0.3) is 0 Å². The van der Waals surface area contributed by atoms with E-state index in [0.29, 0.717) is 24.4 Å². The first-order valence-corrected chi connectivity index (χ1v) is 4.69. The number of aliphatic hydroxyl groups excluding tert-OH is 2. The van der Waals surface area contributed by atoms with Gasteiger partial charge in [0.05, 0.1) is 12.7 Å². The van der Waals surface area contributed by atoms with Crippen LogP contribution in [0, 0.1) is 0 Å². The van der Waals surface area contributed by atoms with E-state index in [2.05, 4.69) is 0 Å². The molecule has 0 aromatic carbocycles. The quantitative estimate of drug-likeness (QED) is 0.433. The van der Waals surface area contributed by atoms with Gasteiger partial charge < -0.3 is 15.1 Å². The fourth-order valence-corrected chi connectivity index (χ4v) is 1.84. The molecule has 2 N–H and O–H groups in total. The van der Waals surface area contributed by atoms with Crippen LogP contribution in [0.2, 0.25) is 0 Å². The van der Waals surface area contributed by atoms with Crippen molar-refractivity contribution in [2.45, 2.75) is 6.10 Å². The molecule has 0 spiro atoms. The lowest BCUT2D eigenvalue weighted by atomic mass is 10.0. The van der Waals surface area contributed by atoms with Crippen molar-refractivity contribution >= 4 is 11.6 Å². The molecule has 0 aromatic rings.